The summed E-state index contributed by atoms with van der Waals surface area (Å²) in [5, 5.41) is 5.83. The third-order valence-corrected chi connectivity index (χ3v) is 8.75. The molecule has 3 amide bonds. The van der Waals surface area contributed by atoms with Gasteiger partial charge in [0.2, 0.25) is 11.8 Å². The highest BCUT2D eigenvalue weighted by Gasteiger charge is 2.34. The molecule has 10 heteroatoms. The minimum Gasteiger partial charge on any atom is -0.489 e. The first-order valence-corrected chi connectivity index (χ1v) is 17.0. The van der Waals surface area contributed by atoms with Crippen LogP contribution in [0.15, 0.2) is 128 Å². The van der Waals surface area contributed by atoms with E-state index in [-0.39, 0.29) is 30.8 Å². The molecule has 5 rings (SSSR count). The molecule has 1 aromatic heterocycles. The fourth-order valence-corrected chi connectivity index (χ4v) is 5.63. The van der Waals surface area contributed by atoms with Crippen LogP contribution in [0.2, 0.25) is 0 Å². The quantitative estimate of drug-likeness (QED) is 0.117. The topological polar surface area (TPSA) is 126 Å². The number of hydrogen-bond donors (Lipinski definition) is 3. The maximum atomic E-state index is 14.2. The summed E-state index contributed by atoms with van der Waals surface area (Å²) in [4.78, 5) is 49.8. The fraction of sp³-hybridized carbons (Fsp3) is 0.268. The van der Waals surface area contributed by atoms with E-state index in [2.05, 4.69) is 34.4 Å². The second-order valence-corrected chi connectivity index (χ2v) is 13.1. The van der Waals surface area contributed by atoms with Gasteiger partial charge in [0, 0.05) is 38.0 Å². The van der Waals surface area contributed by atoms with Gasteiger partial charge in [-0.1, -0.05) is 117 Å². The van der Waals surface area contributed by atoms with Crippen LogP contribution in [0, 0.1) is 0 Å². The minimum absolute atomic E-state index is 0.0408. The lowest BCUT2D eigenvalue weighted by Gasteiger charge is -2.32. The van der Waals surface area contributed by atoms with E-state index in [1.807, 2.05) is 115 Å². The highest BCUT2D eigenvalue weighted by Crippen LogP contribution is 2.23. The van der Waals surface area contributed by atoms with Crippen molar-refractivity contribution in [2.75, 3.05) is 13.6 Å². The van der Waals surface area contributed by atoms with Crippen LogP contribution in [0.4, 0.5) is 4.79 Å². The van der Waals surface area contributed by atoms with Gasteiger partial charge < -0.3 is 30.0 Å². The molecule has 2 atom stereocenters. The van der Waals surface area contributed by atoms with Gasteiger partial charge in [-0.25, -0.2) is 9.78 Å². The third-order valence-electron chi connectivity index (χ3n) is 8.75. The Hall–Kier alpha value is -5.90. The molecule has 0 radical (unpaired) electrons. The molecule has 0 aliphatic heterocycles. The predicted molar refractivity (Wildman–Crippen MR) is 196 cm³/mol. The Morgan fingerprint density at radius 1 is 0.784 bits per heavy atom. The molecule has 0 fully saturated rings. The number of aromatic amines is 1. The summed E-state index contributed by atoms with van der Waals surface area (Å²) in [6.45, 7) is 4.94. The number of benzene rings is 4. The lowest BCUT2D eigenvalue weighted by molar-refractivity contribution is -0.140. The Kier molecular flexibility index (Phi) is 12.6. The molecule has 0 aliphatic rings. The number of H-pyrrole nitrogens is 1. The van der Waals surface area contributed by atoms with E-state index in [1.54, 1.807) is 13.2 Å². The van der Waals surface area contributed by atoms with E-state index in [4.69, 9.17) is 9.47 Å². The van der Waals surface area contributed by atoms with Crippen LogP contribution < -0.4 is 15.4 Å². The van der Waals surface area contributed by atoms with Gasteiger partial charge in [-0.2, -0.15) is 0 Å². The van der Waals surface area contributed by atoms with Crippen LogP contribution in [0.25, 0.3) is 0 Å². The van der Waals surface area contributed by atoms with Crippen LogP contribution in [-0.4, -0.2) is 58.5 Å². The number of imidazole rings is 1. The van der Waals surface area contributed by atoms with Gasteiger partial charge in [0.05, 0.1) is 12.0 Å². The maximum absolute atomic E-state index is 14.2. The number of nitrogens with zero attached hydrogens (tertiary/aromatic N) is 2. The van der Waals surface area contributed by atoms with Crippen molar-refractivity contribution in [3.05, 3.63) is 156 Å². The molecule has 3 N–H and O–H groups in total. The average molecular weight is 688 g/mol. The van der Waals surface area contributed by atoms with Gasteiger partial charge in [0.1, 0.15) is 31.0 Å². The molecule has 0 saturated carbocycles. The Morgan fingerprint density at radius 2 is 1.39 bits per heavy atom. The van der Waals surface area contributed by atoms with Gasteiger partial charge in [0.25, 0.3) is 0 Å². The summed E-state index contributed by atoms with van der Waals surface area (Å²) in [6.07, 6.45) is 2.74. The van der Waals surface area contributed by atoms with Crippen molar-refractivity contribution in [2.45, 2.75) is 57.4 Å². The monoisotopic (exact) mass is 687 g/mol. The van der Waals surface area contributed by atoms with E-state index < -0.39 is 24.1 Å². The first-order valence-electron chi connectivity index (χ1n) is 17.0. The summed E-state index contributed by atoms with van der Waals surface area (Å²) >= 11 is 0. The molecular formula is C41H45N5O5. The molecule has 0 saturated heterocycles. The standard InChI is InChI=1S/C41H45N5O5/c1-41(2,33-17-11-6-12-18-33)28-43-38(47)37(23-30-19-21-35(22-20-30)50-26-31-13-7-4-8-14-31)46(3)39(48)36(24-34-25-42-29-44-34)45-40(49)51-27-32-15-9-5-10-16-32/h4-22,25,29,36-37H,23-24,26-28H2,1-3H3,(H,42,44)(H,43,47)(H,45,49)/t36-,37-/m0/s1. The zero-order valence-corrected chi connectivity index (χ0v) is 29.3. The molecular weight excluding hydrogens is 642 g/mol. The van der Waals surface area contributed by atoms with Gasteiger partial charge in [-0.3, -0.25) is 9.59 Å². The SMILES string of the molecule is CN(C(=O)[C@H](Cc1c[nH]cn1)NC(=O)OCc1ccccc1)[C@@H](Cc1ccc(OCc2ccccc2)cc1)C(=O)NCC(C)(C)c1ccccc1. The number of aromatic nitrogens is 2. The van der Waals surface area contributed by atoms with E-state index in [1.165, 1.54) is 11.2 Å². The second-order valence-electron chi connectivity index (χ2n) is 13.1. The molecule has 264 valence electrons. The van der Waals surface area contributed by atoms with Crippen molar-refractivity contribution < 1.29 is 23.9 Å². The van der Waals surface area contributed by atoms with Gasteiger partial charge >= 0.3 is 6.09 Å². The summed E-state index contributed by atoms with van der Waals surface area (Å²) < 4.78 is 11.4. The Labute approximate surface area is 299 Å². The zero-order chi connectivity index (χ0) is 36.1. The van der Waals surface area contributed by atoms with E-state index in [9.17, 15) is 14.4 Å². The Bertz CT molecular complexity index is 1820. The predicted octanol–water partition coefficient (Wildman–Crippen LogP) is 5.99. The number of rotatable bonds is 16. The number of likely N-dealkylation sites (N-methyl/N-ethyl adjacent to an activating group) is 1. The Morgan fingerprint density at radius 3 is 2.00 bits per heavy atom. The summed E-state index contributed by atoms with van der Waals surface area (Å²) in [5.41, 5.74) is 3.99. The van der Waals surface area contributed by atoms with Crippen LogP contribution >= 0.6 is 0 Å². The molecule has 0 unspecified atom stereocenters. The molecule has 0 bridgehead atoms. The van der Waals surface area contributed by atoms with Gasteiger partial charge in [-0.15, -0.1) is 0 Å². The molecule has 10 nitrogen and oxygen atoms in total. The first kappa shape index (κ1) is 36.4. The highest BCUT2D eigenvalue weighted by atomic mass is 16.5. The zero-order valence-electron chi connectivity index (χ0n) is 29.3. The first-order chi connectivity index (χ1) is 24.7. The lowest BCUT2D eigenvalue weighted by Crippen LogP contribution is -2.56. The van der Waals surface area contributed by atoms with Crippen LogP contribution in [-0.2, 0) is 45.8 Å². The van der Waals surface area contributed by atoms with Crippen LogP contribution in [0.1, 0.15) is 41.8 Å². The number of carbonyl (C=O) groups is 3. The number of nitrogens with one attached hydrogen (secondary N) is 3. The van der Waals surface area contributed by atoms with Gasteiger partial charge in [-0.05, 0) is 34.4 Å². The normalized spacial score (nSPS) is 12.3. The largest absolute Gasteiger partial charge is 0.489 e. The Balaban J connectivity index is 1.33. The highest BCUT2D eigenvalue weighted by molar-refractivity contribution is 5.91. The molecule has 0 aliphatic carbocycles. The molecule has 51 heavy (non-hydrogen) atoms. The molecule has 4 aromatic carbocycles. The second kappa shape index (κ2) is 17.7. The molecule has 5 aromatic rings. The van der Waals surface area contributed by atoms with Crippen molar-refractivity contribution in [3.8, 4) is 5.75 Å². The smallest absolute Gasteiger partial charge is 0.408 e. The number of alkyl carbamates (subject to hydrolysis) is 1. The van der Waals surface area contributed by atoms with Crippen LogP contribution in [0.5, 0.6) is 5.75 Å². The van der Waals surface area contributed by atoms with Crippen molar-refractivity contribution >= 4 is 17.9 Å². The van der Waals surface area contributed by atoms with E-state index in [0.29, 0.717) is 24.6 Å². The number of ether oxygens (including phenoxy) is 2. The fourth-order valence-electron chi connectivity index (χ4n) is 5.63. The maximum Gasteiger partial charge on any atom is 0.408 e. The lowest BCUT2D eigenvalue weighted by atomic mass is 9.84. The number of carbonyl (C=O) groups excluding carboxylic acids is 3. The summed E-state index contributed by atoms with van der Waals surface area (Å²) in [7, 11) is 1.58. The van der Waals surface area contributed by atoms with E-state index >= 15 is 0 Å². The van der Waals surface area contributed by atoms with Crippen molar-refractivity contribution in [1.29, 1.82) is 0 Å². The number of hydrogen-bond acceptors (Lipinski definition) is 6. The minimum atomic E-state index is -1.05. The number of amides is 3. The van der Waals surface area contributed by atoms with Gasteiger partial charge in [0.15, 0.2) is 0 Å². The van der Waals surface area contributed by atoms with Crippen molar-refractivity contribution in [1.82, 2.24) is 25.5 Å². The average Bonchev–Trinajstić information content (AvgIpc) is 3.68. The summed E-state index contributed by atoms with van der Waals surface area (Å²) in [5.74, 6) is -0.0840. The van der Waals surface area contributed by atoms with Crippen molar-refractivity contribution in [2.24, 2.45) is 0 Å². The summed E-state index contributed by atoms with van der Waals surface area (Å²) in [6, 6.07) is 34.7. The van der Waals surface area contributed by atoms with Crippen LogP contribution in [0.3, 0.4) is 0 Å². The molecule has 1 heterocycles. The molecule has 0 spiro atoms. The van der Waals surface area contributed by atoms with Crippen molar-refractivity contribution in [3.63, 3.8) is 0 Å². The third kappa shape index (κ3) is 10.8. The van der Waals surface area contributed by atoms with E-state index in [0.717, 1.165) is 22.3 Å².